The minimum absolute atomic E-state index is 0.329. The van der Waals surface area contributed by atoms with Crippen LogP contribution in [0.15, 0.2) is 24.3 Å². The van der Waals surface area contributed by atoms with Gasteiger partial charge in [0.1, 0.15) is 0 Å². The van der Waals surface area contributed by atoms with Gasteiger partial charge in [-0.15, -0.1) is 0 Å². The van der Waals surface area contributed by atoms with Crippen LogP contribution in [-0.4, -0.2) is 48.9 Å². The van der Waals surface area contributed by atoms with E-state index in [0.29, 0.717) is 17.0 Å². The summed E-state index contributed by atoms with van der Waals surface area (Å²) in [7, 11) is 2.18. The number of rotatable bonds is 4. The van der Waals surface area contributed by atoms with Gasteiger partial charge in [-0.1, -0.05) is 26.0 Å². The van der Waals surface area contributed by atoms with Gasteiger partial charge in [0.25, 0.3) is 0 Å². The Hall–Kier alpha value is -1.65. The summed E-state index contributed by atoms with van der Waals surface area (Å²) in [4.78, 5) is 16.9. The molecule has 1 aliphatic carbocycles. The molecule has 1 aromatic carbocycles. The maximum atomic E-state index is 12.0. The maximum Gasteiger partial charge on any atom is 0.249 e. The molecule has 1 amide bonds. The third-order valence-corrected chi connectivity index (χ3v) is 6.20. The molecule has 1 saturated heterocycles. The molecular weight excluding hydrogens is 322 g/mol. The fourth-order valence-corrected chi connectivity index (χ4v) is 4.04. The zero-order chi connectivity index (χ0) is 18.9. The third-order valence-electron chi connectivity index (χ3n) is 6.20. The number of nitrogens with zero attached hydrogens (tertiary/aromatic N) is 2. The Morgan fingerprint density at radius 1 is 1.19 bits per heavy atom. The summed E-state index contributed by atoms with van der Waals surface area (Å²) in [6.07, 6.45) is 5.53. The van der Waals surface area contributed by atoms with Crippen molar-refractivity contribution in [1.29, 1.82) is 0 Å². The fraction of sp³-hybridized carbons (Fsp3) is 0.591. The van der Waals surface area contributed by atoms with E-state index in [1.54, 1.807) is 0 Å². The Bertz CT molecular complexity index is 699. The van der Waals surface area contributed by atoms with Crippen molar-refractivity contribution in [3.05, 3.63) is 41.0 Å². The molecule has 0 spiro atoms. The molecule has 1 fully saturated rings. The van der Waals surface area contributed by atoms with Gasteiger partial charge in [0.05, 0.1) is 0 Å². The van der Waals surface area contributed by atoms with Crippen molar-refractivity contribution < 1.29 is 4.79 Å². The number of amides is 1. The van der Waals surface area contributed by atoms with Gasteiger partial charge in [0, 0.05) is 37.8 Å². The lowest BCUT2D eigenvalue weighted by molar-refractivity contribution is 0.0999. The quantitative estimate of drug-likeness (QED) is 0.896. The molecule has 0 radical (unpaired) electrons. The SMILES string of the molecule is CC(c1ccc(C(N)=O)c(C2=CCC(C)(C)CC2)c1)N1CCN(C)CC1. The molecule has 3 rings (SSSR count). The highest BCUT2D eigenvalue weighted by Crippen LogP contribution is 2.39. The van der Waals surface area contributed by atoms with E-state index < -0.39 is 0 Å². The fourth-order valence-electron chi connectivity index (χ4n) is 4.04. The van der Waals surface area contributed by atoms with Crippen molar-refractivity contribution in [2.24, 2.45) is 11.1 Å². The minimum atomic E-state index is -0.329. The van der Waals surface area contributed by atoms with Crippen LogP contribution in [0.4, 0.5) is 0 Å². The minimum Gasteiger partial charge on any atom is -0.366 e. The zero-order valence-corrected chi connectivity index (χ0v) is 16.7. The molecule has 1 atom stereocenters. The smallest absolute Gasteiger partial charge is 0.249 e. The van der Waals surface area contributed by atoms with Crippen LogP contribution in [0.1, 0.15) is 67.6 Å². The van der Waals surface area contributed by atoms with Crippen LogP contribution >= 0.6 is 0 Å². The monoisotopic (exact) mass is 355 g/mol. The van der Waals surface area contributed by atoms with Crippen LogP contribution in [0.3, 0.4) is 0 Å². The number of carbonyl (C=O) groups excluding carboxylic acids is 1. The van der Waals surface area contributed by atoms with Crippen molar-refractivity contribution in [3.63, 3.8) is 0 Å². The second-order valence-corrected chi connectivity index (χ2v) is 8.78. The second kappa shape index (κ2) is 7.53. The van der Waals surface area contributed by atoms with E-state index in [2.05, 4.69) is 55.8 Å². The first-order valence-corrected chi connectivity index (χ1v) is 9.82. The van der Waals surface area contributed by atoms with E-state index in [0.717, 1.165) is 51.0 Å². The number of hydrogen-bond acceptors (Lipinski definition) is 3. The summed E-state index contributed by atoms with van der Waals surface area (Å²) in [5, 5.41) is 0. The first kappa shape index (κ1) is 19.1. The first-order chi connectivity index (χ1) is 12.3. The molecule has 4 nitrogen and oxygen atoms in total. The predicted molar refractivity (Wildman–Crippen MR) is 108 cm³/mol. The molecule has 1 unspecified atom stereocenters. The van der Waals surface area contributed by atoms with Crippen molar-refractivity contribution in [2.45, 2.75) is 46.1 Å². The Morgan fingerprint density at radius 3 is 2.46 bits per heavy atom. The molecule has 2 aliphatic rings. The maximum absolute atomic E-state index is 12.0. The number of hydrogen-bond donors (Lipinski definition) is 1. The van der Waals surface area contributed by atoms with Crippen molar-refractivity contribution in [3.8, 4) is 0 Å². The first-order valence-electron chi connectivity index (χ1n) is 9.82. The molecule has 142 valence electrons. The summed E-state index contributed by atoms with van der Waals surface area (Å²) in [5.74, 6) is -0.329. The average molecular weight is 356 g/mol. The standard InChI is InChI=1S/C22H33N3O/c1-16(25-13-11-24(4)12-14-25)18-5-6-19(21(23)26)20(15-18)17-7-9-22(2,3)10-8-17/h5-7,15-16H,8-14H2,1-4H3,(H2,23,26). The van der Waals surface area contributed by atoms with E-state index >= 15 is 0 Å². The largest absolute Gasteiger partial charge is 0.366 e. The number of likely N-dealkylation sites (N-methyl/N-ethyl adjacent to an activating group) is 1. The normalized spacial score (nSPS) is 22.7. The van der Waals surface area contributed by atoms with E-state index in [4.69, 9.17) is 5.73 Å². The summed E-state index contributed by atoms with van der Waals surface area (Å²) < 4.78 is 0. The van der Waals surface area contributed by atoms with Gasteiger partial charge in [-0.05, 0) is 67.5 Å². The van der Waals surface area contributed by atoms with E-state index in [9.17, 15) is 4.79 Å². The van der Waals surface area contributed by atoms with Gasteiger partial charge >= 0.3 is 0 Å². The summed E-state index contributed by atoms with van der Waals surface area (Å²) in [6.45, 7) is 11.3. The molecule has 1 aliphatic heterocycles. The lowest BCUT2D eigenvalue weighted by Crippen LogP contribution is -2.45. The Labute approximate surface area is 158 Å². The molecule has 0 saturated carbocycles. The van der Waals surface area contributed by atoms with Crippen LogP contribution < -0.4 is 5.73 Å². The summed E-state index contributed by atoms with van der Waals surface area (Å²) >= 11 is 0. The molecule has 26 heavy (non-hydrogen) atoms. The number of piperazine rings is 1. The van der Waals surface area contributed by atoms with Gasteiger partial charge in [0.15, 0.2) is 0 Å². The molecule has 1 aromatic rings. The highest BCUT2D eigenvalue weighted by atomic mass is 16.1. The van der Waals surface area contributed by atoms with Crippen LogP contribution in [0.2, 0.25) is 0 Å². The number of primary amides is 1. The summed E-state index contributed by atoms with van der Waals surface area (Å²) in [6, 6.07) is 6.58. The summed E-state index contributed by atoms with van der Waals surface area (Å²) in [5.41, 5.74) is 10.3. The molecule has 0 bridgehead atoms. The van der Waals surface area contributed by atoms with Gasteiger partial charge in [-0.2, -0.15) is 0 Å². The Morgan fingerprint density at radius 2 is 1.88 bits per heavy atom. The van der Waals surface area contributed by atoms with Gasteiger partial charge in [-0.3, -0.25) is 9.69 Å². The third kappa shape index (κ3) is 4.18. The van der Waals surface area contributed by atoms with Crippen LogP contribution in [0, 0.1) is 5.41 Å². The Kier molecular flexibility index (Phi) is 5.54. The molecule has 0 aromatic heterocycles. The van der Waals surface area contributed by atoms with Crippen molar-refractivity contribution in [2.75, 3.05) is 33.2 Å². The molecule has 4 heteroatoms. The highest BCUT2D eigenvalue weighted by molar-refractivity contribution is 5.98. The highest BCUT2D eigenvalue weighted by Gasteiger charge is 2.25. The van der Waals surface area contributed by atoms with E-state index in [1.807, 2.05) is 6.07 Å². The number of benzene rings is 1. The van der Waals surface area contributed by atoms with E-state index in [-0.39, 0.29) is 5.91 Å². The van der Waals surface area contributed by atoms with Gasteiger partial charge < -0.3 is 10.6 Å². The molecular formula is C22H33N3O. The van der Waals surface area contributed by atoms with Crippen LogP contribution in [0.5, 0.6) is 0 Å². The van der Waals surface area contributed by atoms with Crippen molar-refractivity contribution >= 4 is 11.5 Å². The number of nitrogens with two attached hydrogens (primary N) is 1. The number of allylic oxidation sites excluding steroid dienone is 2. The molecule has 1 heterocycles. The Balaban J connectivity index is 1.89. The van der Waals surface area contributed by atoms with Crippen molar-refractivity contribution in [1.82, 2.24) is 9.80 Å². The van der Waals surface area contributed by atoms with Gasteiger partial charge in [-0.25, -0.2) is 0 Å². The topological polar surface area (TPSA) is 49.6 Å². The van der Waals surface area contributed by atoms with Crippen LogP contribution in [0.25, 0.3) is 5.57 Å². The molecule has 2 N–H and O–H groups in total. The lowest BCUT2D eigenvalue weighted by Gasteiger charge is -2.37. The lowest BCUT2D eigenvalue weighted by atomic mass is 9.76. The average Bonchev–Trinajstić information content (AvgIpc) is 2.61. The van der Waals surface area contributed by atoms with Crippen LogP contribution in [-0.2, 0) is 0 Å². The predicted octanol–water partition coefficient (Wildman–Crippen LogP) is 3.69. The van der Waals surface area contributed by atoms with E-state index in [1.165, 1.54) is 11.1 Å². The number of carbonyl (C=O) groups is 1. The second-order valence-electron chi connectivity index (χ2n) is 8.78. The zero-order valence-electron chi connectivity index (χ0n) is 16.7. The van der Waals surface area contributed by atoms with Gasteiger partial charge in [0.2, 0.25) is 5.91 Å².